The Morgan fingerprint density at radius 3 is 2.55 bits per heavy atom. The van der Waals surface area contributed by atoms with Gasteiger partial charge in [-0.2, -0.15) is 0 Å². The zero-order chi connectivity index (χ0) is 16.7. The molecule has 0 bridgehead atoms. The lowest BCUT2D eigenvalue weighted by Gasteiger charge is -2.48. The van der Waals surface area contributed by atoms with Crippen molar-refractivity contribution < 1.29 is 27.5 Å². The van der Waals surface area contributed by atoms with Crippen LogP contribution in [-0.2, 0) is 29.0 Å². The summed E-state index contributed by atoms with van der Waals surface area (Å²) in [5, 5.41) is -2.20. The first kappa shape index (κ1) is 17.0. The number of rotatable bonds is 5. The van der Waals surface area contributed by atoms with Crippen LogP contribution in [0.25, 0.3) is 0 Å². The average Bonchev–Trinajstić information content (AvgIpc) is 2.41. The largest absolute Gasteiger partial charge is 0.461 e. The fourth-order valence-corrected chi connectivity index (χ4v) is 5.17. The van der Waals surface area contributed by atoms with Crippen LogP contribution in [0.15, 0.2) is 11.3 Å². The molecule has 0 aromatic rings. The van der Waals surface area contributed by atoms with Crippen molar-refractivity contribution in [1.82, 2.24) is 4.90 Å². The van der Waals surface area contributed by atoms with E-state index in [0.29, 0.717) is 11.3 Å². The number of halogens is 1. The second kappa shape index (κ2) is 6.00. The Bertz CT molecular complexity index is 668. The normalized spacial score (nSPS) is 26.3. The SMILES string of the molecule is CC(=O)CCC1=C(COC(C)=O)CS(=O)(=O)C2[C@@H](Cl)C(=O)N12. The summed E-state index contributed by atoms with van der Waals surface area (Å²) in [6, 6.07) is 0. The van der Waals surface area contributed by atoms with Gasteiger partial charge in [-0.15, -0.1) is 11.6 Å². The molecule has 7 nitrogen and oxygen atoms in total. The summed E-state index contributed by atoms with van der Waals surface area (Å²) in [6.45, 7) is 2.40. The molecule has 2 aliphatic heterocycles. The van der Waals surface area contributed by atoms with E-state index in [0.717, 1.165) is 4.90 Å². The maximum absolute atomic E-state index is 12.2. The third-order valence-electron chi connectivity index (χ3n) is 3.58. The van der Waals surface area contributed by atoms with Gasteiger partial charge in [-0.05, 0) is 13.3 Å². The first-order chi connectivity index (χ1) is 10.1. The molecule has 1 unspecified atom stereocenters. The van der Waals surface area contributed by atoms with Crippen LogP contribution in [0.2, 0.25) is 0 Å². The topological polar surface area (TPSA) is 97.8 Å². The molecular formula is C13H16ClNO6S. The van der Waals surface area contributed by atoms with Gasteiger partial charge in [0, 0.05) is 24.6 Å². The monoisotopic (exact) mass is 349 g/mol. The number of Topliss-reactive ketones (excluding diaryl/α,β-unsaturated/α-hetero) is 1. The molecule has 0 aliphatic carbocycles. The highest BCUT2D eigenvalue weighted by Gasteiger charge is 2.57. The summed E-state index contributed by atoms with van der Waals surface area (Å²) in [5.41, 5.74) is 0.753. The molecule has 1 saturated heterocycles. The van der Waals surface area contributed by atoms with Crippen molar-refractivity contribution >= 4 is 39.1 Å². The van der Waals surface area contributed by atoms with Crippen LogP contribution in [0.3, 0.4) is 0 Å². The summed E-state index contributed by atoms with van der Waals surface area (Å²) in [6.07, 6.45) is 0.385. The van der Waals surface area contributed by atoms with Crippen molar-refractivity contribution in [2.24, 2.45) is 0 Å². The number of amides is 1. The molecule has 0 radical (unpaired) electrons. The second-order valence-electron chi connectivity index (χ2n) is 5.34. The number of fused-ring (bicyclic) bond motifs is 1. The second-order valence-corrected chi connectivity index (χ2v) is 7.91. The van der Waals surface area contributed by atoms with E-state index in [-0.39, 0.29) is 31.0 Å². The van der Waals surface area contributed by atoms with Crippen LogP contribution in [0.4, 0.5) is 0 Å². The van der Waals surface area contributed by atoms with Gasteiger partial charge in [-0.25, -0.2) is 8.42 Å². The standard InChI is InChI=1S/C13H16ClNO6S/c1-7(16)3-4-10-9(5-21-8(2)17)6-22(19,20)13-11(14)12(18)15(10)13/h11,13H,3-6H2,1-2H3/t11-,13?/m0/s1. The van der Waals surface area contributed by atoms with Gasteiger partial charge in [-0.3, -0.25) is 14.5 Å². The van der Waals surface area contributed by atoms with Crippen LogP contribution in [-0.4, -0.2) is 54.1 Å². The van der Waals surface area contributed by atoms with E-state index in [9.17, 15) is 22.8 Å². The number of alkyl halides is 1. The van der Waals surface area contributed by atoms with Gasteiger partial charge in [-0.1, -0.05) is 0 Å². The number of ether oxygens (including phenoxy) is 1. The van der Waals surface area contributed by atoms with Gasteiger partial charge >= 0.3 is 5.97 Å². The molecule has 2 rings (SSSR count). The Hall–Kier alpha value is -1.41. The van der Waals surface area contributed by atoms with Crippen molar-refractivity contribution in [3.05, 3.63) is 11.3 Å². The number of carbonyl (C=O) groups excluding carboxylic acids is 3. The summed E-state index contributed by atoms with van der Waals surface area (Å²) in [7, 11) is -3.64. The quantitative estimate of drug-likeness (QED) is 0.404. The first-order valence-corrected chi connectivity index (χ1v) is 8.82. The minimum Gasteiger partial charge on any atom is -0.461 e. The molecule has 1 amide bonds. The number of esters is 1. The number of sulfone groups is 1. The summed E-state index contributed by atoms with van der Waals surface area (Å²) >= 11 is 5.82. The van der Waals surface area contributed by atoms with Crippen molar-refractivity contribution in [3.63, 3.8) is 0 Å². The molecule has 0 aromatic carbocycles. The number of hydrogen-bond donors (Lipinski definition) is 0. The van der Waals surface area contributed by atoms with E-state index in [1.54, 1.807) is 0 Å². The lowest BCUT2D eigenvalue weighted by atomic mass is 10.0. The lowest BCUT2D eigenvalue weighted by molar-refractivity contribution is -0.140. The highest BCUT2D eigenvalue weighted by molar-refractivity contribution is 7.92. The number of allylic oxidation sites excluding steroid dienone is 1. The van der Waals surface area contributed by atoms with Crippen molar-refractivity contribution in [3.8, 4) is 0 Å². The highest BCUT2D eigenvalue weighted by atomic mass is 35.5. The predicted molar refractivity (Wildman–Crippen MR) is 77.6 cm³/mol. The Morgan fingerprint density at radius 1 is 1.36 bits per heavy atom. The van der Waals surface area contributed by atoms with E-state index < -0.39 is 32.5 Å². The lowest BCUT2D eigenvalue weighted by Crippen LogP contribution is -2.67. The molecule has 0 aromatic heterocycles. The minimum absolute atomic E-state index is 0.0836. The Balaban J connectivity index is 2.37. The Morgan fingerprint density at radius 2 is 2.00 bits per heavy atom. The van der Waals surface area contributed by atoms with Gasteiger partial charge < -0.3 is 9.53 Å². The average molecular weight is 350 g/mol. The summed E-state index contributed by atoms with van der Waals surface area (Å²) in [4.78, 5) is 35.2. The zero-order valence-corrected chi connectivity index (χ0v) is 13.7. The molecule has 2 atom stereocenters. The van der Waals surface area contributed by atoms with Gasteiger partial charge in [0.25, 0.3) is 0 Å². The third kappa shape index (κ3) is 3.03. The molecule has 2 heterocycles. The number of hydrogen-bond acceptors (Lipinski definition) is 6. The molecule has 9 heteroatoms. The number of ketones is 1. The van der Waals surface area contributed by atoms with Crippen molar-refractivity contribution in [2.75, 3.05) is 12.4 Å². The third-order valence-corrected chi connectivity index (χ3v) is 6.13. The minimum atomic E-state index is -3.64. The number of nitrogens with zero attached hydrogens (tertiary/aromatic N) is 1. The highest BCUT2D eigenvalue weighted by Crippen LogP contribution is 2.40. The van der Waals surface area contributed by atoms with Crippen LogP contribution < -0.4 is 0 Å². The van der Waals surface area contributed by atoms with E-state index in [2.05, 4.69) is 0 Å². The van der Waals surface area contributed by atoms with Crippen molar-refractivity contribution in [2.45, 2.75) is 37.4 Å². The first-order valence-electron chi connectivity index (χ1n) is 6.67. The van der Waals surface area contributed by atoms with Gasteiger partial charge in [0.1, 0.15) is 17.8 Å². The van der Waals surface area contributed by atoms with Gasteiger partial charge in [0.2, 0.25) is 5.91 Å². The van der Waals surface area contributed by atoms with Crippen LogP contribution in [0.5, 0.6) is 0 Å². The van der Waals surface area contributed by atoms with E-state index in [1.165, 1.54) is 13.8 Å². The maximum atomic E-state index is 12.2. The predicted octanol–water partition coefficient (Wildman–Crippen LogP) is 0.377. The van der Waals surface area contributed by atoms with Gasteiger partial charge in [0.05, 0.1) is 5.75 Å². The molecule has 1 fully saturated rings. The zero-order valence-electron chi connectivity index (χ0n) is 12.2. The molecule has 2 aliphatic rings. The van der Waals surface area contributed by atoms with Gasteiger partial charge in [0.15, 0.2) is 15.2 Å². The van der Waals surface area contributed by atoms with E-state index >= 15 is 0 Å². The Labute approximate surface area is 133 Å². The molecule has 0 saturated carbocycles. The molecule has 0 spiro atoms. The van der Waals surface area contributed by atoms with E-state index in [4.69, 9.17) is 16.3 Å². The van der Waals surface area contributed by atoms with Crippen LogP contribution >= 0.6 is 11.6 Å². The molecule has 0 N–H and O–H groups in total. The van der Waals surface area contributed by atoms with Crippen LogP contribution in [0.1, 0.15) is 26.7 Å². The maximum Gasteiger partial charge on any atom is 0.302 e. The number of β-lactam (4-membered cyclic amide) rings is 1. The van der Waals surface area contributed by atoms with E-state index in [1.807, 2.05) is 0 Å². The molecule has 122 valence electrons. The molecular weight excluding hydrogens is 334 g/mol. The summed E-state index contributed by atoms with van der Waals surface area (Å²) < 4.78 is 29.3. The molecule has 22 heavy (non-hydrogen) atoms. The Kier molecular flexibility index (Phi) is 4.62. The van der Waals surface area contributed by atoms with Crippen LogP contribution in [0, 0.1) is 0 Å². The summed E-state index contributed by atoms with van der Waals surface area (Å²) in [5.74, 6) is -1.47. The smallest absolute Gasteiger partial charge is 0.302 e. The fraction of sp³-hybridized carbons (Fsp3) is 0.615. The fourth-order valence-electron chi connectivity index (χ4n) is 2.55. The number of carbonyl (C=O) groups is 3. The van der Waals surface area contributed by atoms with Crippen molar-refractivity contribution in [1.29, 1.82) is 0 Å².